The minimum absolute atomic E-state index is 0.224. The van der Waals surface area contributed by atoms with Crippen molar-refractivity contribution in [3.63, 3.8) is 0 Å². The highest BCUT2D eigenvalue weighted by Crippen LogP contribution is 2.19. The molecule has 1 heterocycles. The van der Waals surface area contributed by atoms with E-state index in [2.05, 4.69) is 16.5 Å². The molecule has 18 heavy (non-hydrogen) atoms. The first-order valence-corrected chi connectivity index (χ1v) is 6.61. The third-order valence-electron chi connectivity index (χ3n) is 3.21. The minimum atomic E-state index is -0.224. The van der Waals surface area contributed by atoms with E-state index in [0.717, 1.165) is 55.6 Å². The molecule has 0 fully saturated rings. The summed E-state index contributed by atoms with van der Waals surface area (Å²) in [5.74, 6) is 0.827. The van der Waals surface area contributed by atoms with E-state index >= 15 is 0 Å². The largest absolute Gasteiger partial charge is 0.330 e. The van der Waals surface area contributed by atoms with E-state index in [-0.39, 0.29) is 5.82 Å². The van der Waals surface area contributed by atoms with Gasteiger partial charge in [-0.05, 0) is 38.4 Å². The van der Waals surface area contributed by atoms with Gasteiger partial charge in [-0.2, -0.15) is 0 Å². The molecule has 1 aromatic carbocycles. The Hall–Kier alpha value is -1.42. The molecule has 0 aliphatic rings. The lowest BCUT2D eigenvalue weighted by molar-refractivity contribution is 0.629. The number of fused-ring (bicyclic) bond motifs is 1. The maximum atomic E-state index is 13.2. The molecule has 98 valence electrons. The van der Waals surface area contributed by atoms with Gasteiger partial charge in [-0.15, -0.1) is 0 Å². The average molecular weight is 249 g/mol. The molecule has 0 aliphatic carbocycles. The number of hydrogen-bond acceptors (Lipinski definition) is 2. The van der Waals surface area contributed by atoms with E-state index in [1.54, 1.807) is 0 Å². The van der Waals surface area contributed by atoms with E-state index < -0.39 is 0 Å². The van der Waals surface area contributed by atoms with Gasteiger partial charge in [-0.3, -0.25) is 0 Å². The molecule has 0 unspecified atom stereocenters. The van der Waals surface area contributed by atoms with Crippen LogP contribution in [0, 0.1) is 5.82 Å². The molecular formula is C14H20FN3. The first kappa shape index (κ1) is 13.0. The molecule has 0 spiro atoms. The number of unbranched alkanes of at least 4 members (excludes halogenated alkanes) is 2. The van der Waals surface area contributed by atoms with Gasteiger partial charge < -0.3 is 10.3 Å². The number of aryl methyl sites for hydroxylation is 2. The normalized spacial score (nSPS) is 11.3. The van der Waals surface area contributed by atoms with Gasteiger partial charge in [-0.1, -0.05) is 6.42 Å². The standard InChI is InChI=1S/C14H20FN3/c1-2-18-13-8-7-11(15)10-12(13)17-14(18)6-4-3-5-9-16/h7-8,10H,2-6,9,16H2,1H3. The van der Waals surface area contributed by atoms with Crippen molar-refractivity contribution in [2.24, 2.45) is 5.73 Å². The van der Waals surface area contributed by atoms with Crippen molar-refractivity contribution >= 4 is 11.0 Å². The topological polar surface area (TPSA) is 43.8 Å². The molecule has 2 aromatic rings. The van der Waals surface area contributed by atoms with Crippen LogP contribution in [-0.2, 0) is 13.0 Å². The van der Waals surface area contributed by atoms with Gasteiger partial charge in [0.1, 0.15) is 11.6 Å². The van der Waals surface area contributed by atoms with E-state index in [1.165, 1.54) is 12.1 Å². The number of aromatic nitrogens is 2. The lowest BCUT2D eigenvalue weighted by Gasteiger charge is -2.05. The molecular weight excluding hydrogens is 229 g/mol. The van der Waals surface area contributed by atoms with E-state index in [9.17, 15) is 4.39 Å². The van der Waals surface area contributed by atoms with Crippen LogP contribution in [0.3, 0.4) is 0 Å². The summed E-state index contributed by atoms with van der Waals surface area (Å²) in [4.78, 5) is 4.53. The highest BCUT2D eigenvalue weighted by Gasteiger charge is 2.09. The summed E-state index contributed by atoms with van der Waals surface area (Å²) < 4.78 is 15.3. The zero-order chi connectivity index (χ0) is 13.0. The summed E-state index contributed by atoms with van der Waals surface area (Å²) in [6.45, 7) is 3.71. The summed E-state index contributed by atoms with van der Waals surface area (Å²) in [7, 11) is 0. The van der Waals surface area contributed by atoms with Crippen molar-refractivity contribution < 1.29 is 4.39 Å². The number of nitrogens with two attached hydrogens (primary N) is 1. The number of halogens is 1. The van der Waals surface area contributed by atoms with E-state index in [4.69, 9.17) is 5.73 Å². The molecule has 0 bridgehead atoms. The van der Waals surface area contributed by atoms with Gasteiger partial charge in [0, 0.05) is 19.0 Å². The Morgan fingerprint density at radius 3 is 2.83 bits per heavy atom. The Labute approximate surface area is 107 Å². The molecule has 0 aliphatic heterocycles. The Bertz CT molecular complexity index is 519. The lowest BCUT2D eigenvalue weighted by atomic mass is 10.2. The fraction of sp³-hybridized carbons (Fsp3) is 0.500. The SMILES string of the molecule is CCn1c(CCCCCN)nc2cc(F)ccc21. The van der Waals surface area contributed by atoms with Crippen LogP contribution in [0.2, 0.25) is 0 Å². The molecule has 4 heteroatoms. The van der Waals surface area contributed by atoms with Crippen molar-refractivity contribution in [2.75, 3.05) is 6.54 Å². The van der Waals surface area contributed by atoms with Crippen LogP contribution in [0.25, 0.3) is 11.0 Å². The zero-order valence-corrected chi connectivity index (χ0v) is 10.8. The lowest BCUT2D eigenvalue weighted by Crippen LogP contribution is -2.03. The summed E-state index contributed by atoms with van der Waals surface area (Å²) in [5.41, 5.74) is 7.26. The van der Waals surface area contributed by atoms with Gasteiger partial charge in [0.15, 0.2) is 0 Å². The maximum absolute atomic E-state index is 13.2. The third-order valence-corrected chi connectivity index (χ3v) is 3.21. The van der Waals surface area contributed by atoms with Crippen molar-refractivity contribution in [3.8, 4) is 0 Å². The molecule has 0 saturated carbocycles. The van der Waals surface area contributed by atoms with Gasteiger partial charge >= 0.3 is 0 Å². The Morgan fingerprint density at radius 2 is 2.11 bits per heavy atom. The van der Waals surface area contributed by atoms with Crippen molar-refractivity contribution in [1.29, 1.82) is 0 Å². The van der Waals surface area contributed by atoms with Crippen molar-refractivity contribution in [3.05, 3.63) is 29.8 Å². The molecule has 0 saturated heterocycles. The number of hydrogen-bond donors (Lipinski definition) is 1. The van der Waals surface area contributed by atoms with Crippen molar-refractivity contribution in [2.45, 2.75) is 39.2 Å². The van der Waals surface area contributed by atoms with Gasteiger partial charge in [0.25, 0.3) is 0 Å². The second-order valence-electron chi connectivity index (χ2n) is 4.50. The van der Waals surface area contributed by atoms with Crippen LogP contribution in [0.15, 0.2) is 18.2 Å². The Kier molecular flexibility index (Phi) is 4.31. The predicted octanol–water partition coefficient (Wildman–Crippen LogP) is 2.87. The fourth-order valence-electron chi connectivity index (χ4n) is 2.30. The number of benzene rings is 1. The zero-order valence-electron chi connectivity index (χ0n) is 10.8. The van der Waals surface area contributed by atoms with Crippen LogP contribution in [0.4, 0.5) is 4.39 Å². The van der Waals surface area contributed by atoms with Crippen LogP contribution in [-0.4, -0.2) is 16.1 Å². The summed E-state index contributed by atoms with van der Waals surface area (Å²) in [6.07, 6.45) is 4.20. The third kappa shape index (κ3) is 2.70. The van der Waals surface area contributed by atoms with Crippen LogP contribution >= 0.6 is 0 Å². The van der Waals surface area contributed by atoms with Crippen LogP contribution < -0.4 is 5.73 Å². The minimum Gasteiger partial charge on any atom is -0.330 e. The smallest absolute Gasteiger partial charge is 0.125 e. The number of imidazole rings is 1. The molecule has 0 amide bonds. The first-order valence-electron chi connectivity index (χ1n) is 6.61. The molecule has 2 N–H and O–H groups in total. The first-order chi connectivity index (χ1) is 8.76. The number of nitrogens with zero attached hydrogens (tertiary/aromatic N) is 2. The maximum Gasteiger partial charge on any atom is 0.125 e. The molecule has 0 atom stereocenters. The second kappa shape index (κ2) is 5.96. The molecule has 2 rings (SSSR count). The molecule has 3 nitrogen and oxygen atoms in total. The van der Waals surface area contributed by atoms with Crippen LogP contribution in [0.1, 0.15) is 32.0 Å². The average Bonchev–Trinajstić information content (AvgIpc) is 2.71. The van der Waals surface area contributed by atoms with Crippen LogP contribution in [0.5, 0.6) is 0 Å². The van der Waals surface area contributed by atoms with Gasteiger partial charge in [-0.25, -0.2) is 9.37 Å². The van der Waals surface area contributed by atoms with E-state index in [0.29, 0.717) is 0 Å². The quantitative estimate of drug-likeness (QED) is 0.800. The molecule has 1 aromatic heterocycles. The summed E-state index contributed by atoms with van der Waals surface area (Å²) >= 11 is 0. The summed E-state index contributed by atoms with van der Waals surface area (Å²) in [6, 6.07) is 4.81. The highest BCUT2D eigenvalue weighted by atomic mass is 19.1. The Balaban J connectivity index is 2.21. The van der Waals surface area contributed by atoms with Gasteiger partial charge in [0.2, 0.25) is 0 Å². The van der Waals surface area contributed by atoms with Crippen molar-refractivity contribution in [1.82, 2.24) is 9.55 Å². The highest BCUT2D eigenvalue weighted by molar-refractivity contribution is 5.76. The summed E-state index contributed by atoms with van der Waals surface area (Å²) in [5, 5.41) is 0. The second-order valence-corrected chi connectivity index (χ2v) is 4.50. The van der Waals surface area contributed by atoms with Gasteiger partial charge in [0.05, 0.1) is 11.0 Å². The van der Waals surface area contributed by atoms with E-state index in [1.807, 2.05) is 6.07 Å². The predicted molar refractivity (Wildman–Crippen MR) is 72.0 cm³/mol. The molecule has 0 radical (unpaired) electrons. The fourth-order valence-corrected chi connectivity index (χ4v) is 2.30. The number of rotatable bonds is 6. The monoisotopic (exact) mass is 249 g/mol. The Morgan fingerprint density at radius 1 is 1.28 bits per heavy atom.